The van der Waals surface area contributed by atoms with Gasteiger partial charge in [-0.1, -0.05) is 0 Å². The highest BCUT2D eigenvalue weighted by Crippen LogP contribution is 2.08. The minimum atomic E-state index is -0.299. The van der Waals surface area contributed by atoms with Gasteiger partial charge in [0, 0.05) is 45.5 Å². The normalized spacial score (nSPS) is 15.5. The first-order valence-electron chi connectivity index (χ1n) is 7.75. The molecule has 1 aliphatic heterocycles. The van der Waals surface area contributed by atoms with Crippen molar-refractivity contribution in [1.29, 1.82) is 0 Å². The van der Waals surface area contributed by atoms with Gasteiger partial charge in [-0.25, -0.2) is 9.07 Å². The number of halogens is 1. The Bertz CT molecular complexity index is 649. The third-order valence-electron chi connectivity index (χ3n) is 3.84. The quantitative estimate of drug-likeness (QED) is 0.850. The van der Waals surface area contributed by atoms with E-state index in [1.807, 2.05) is 0 Å². The van der Waals surface area contributed by atoms with Crippen molar-refractivity contribution in [2.75, 3.05) is 39.3 Å². The van der Waals surface area contributed by atoms with Crippen molar-refractivity contribution in [2.45, 2.75) is 0 Å². The Labute approximate surface area is 134 Å². The second-order valence-corrected chi connectivity index (χ2v) is 5.47. The molecule has 1 aromatic carbocycles. The van der Waals surface area contributed by atoms with Crippen LogP contribution in [0.1, 0.15) is 10.5 Å². The van der Waals surface area contributed by atoms with E-state index in [0.29, 0.717) is 17.9 Å². The van der Waals surface area contributed by atoms with E-state index in [2.05, 4.69) is 20.6 Å². The predicted molar refractivity (Wildman–Crippen MR) is 85.2 cm³/mol. The number of carbonyl (C=O) groups excluding carboxylic acids is 1. The molecule has 23 heavy (non-hydrogen) atoms. The third kappa shape index (κ3) is 4.14. The molecule has 0 aliphatic carbocycles. The highest BCUT2D eigenvalue weighted by atomic mass is 19.1. The van der Waals surface area contributed by atoms with Gasteiger partial charge in [0.2, 0.25) is 0 Å². The van der Waals surface area contributed by atoms with Gasteiger partial charge >= 0.3 is 0 Å². The summed E-state index contributed by atoms with van der Waals surface area (Å²) in [4.78, 5) is 14.4. The van der Waals surface area contributed by atoms with Gasteiger partial charge in [0.15, 0.2) is 5.69 Å². The average Bonchev–Trinajstić information content (AvgIpc) is 3.06. The minimum absolute atomic E-state index is 0.194. The second kappa shape index (κ2) is 7.34. The van der Waals surface area contributed by atoms with Crippen molar-refractivity contribution >= 4 is 5.91 Å². The number of amides is 1. The zero-order chi connectivity index (χ0) is 16.1. The summed E-state index contributed by atoms with van der Waals surface area (Å²) in [5, 5.41) is 10.4. The largest absolute Gasteiger partial charge is 0.349 e. The van der Waals surface area contributed by atoms with Crippen molar-refractivity contribution in [2.24, 2.45) is 0 Å². The smallest absolute Gasteiger partial charge is 0.271 e. The first kappa shape index (κ1) is 15.6. The first-order chi connectivity index (χ1) is 11.2. The van der Waals surface area contributed by atoms with Crippen LogP contribution in [0.5, 0.6) is 0 Å². The van der Waals surface area contributed by atoms with Gasteiger partial charge in [-0.2, -0.15) is 5.10 Å². The molecule has 3 rings (SSSR count). The summed E-state index contributed by atoms with van der Waals surface area (Å²) in [6, 6.07) is 7.63. The molecule has 1 saturated heterocycles. The molecule has 2 heterocycles. The molecule has 1 fully saturated rings. The first-order valence-corrected chi connectivity index (χ1v) is 7.75. The Hall–Kier alpha value is -2.25. The molecule has 6 nitrogen and oxygen atoms in total. The molecule has 1 aliphatic rings. The van der Waals surface area contributed by atoms with Gasteiger partial charge in [-0.05, 0) is 30.3 Å². The van der Waals surface area contributed by atoms with Crippen molar-refractivity contribution < 1.29 is 9.18 Å². The maximum absolute atomic E-state index is 12.9. The molecule has 2 aromatic rings. The fraction of sp³-hybridized carbons (Fsp3) is 0.375. The Morgan fingerprint density at radius 1 is 1.22 bits per heavy atom. The topological polar surface area (TPSA) is 62.2 Å². The van der Waals surface area contributed by atoms with Crippen LogP contribution < -0.4 is 10.6 Å². The van der Waals surface area contributed by atoms with E-state index in [4.69, 9.17) is 0 Å². The summed E-state index contributed by atoms with van der Waals surface area (Å²) in [6.07, 6.45) is 1.69. The van der Waals surface area contributed by atoms with Crippen LogP contribution in [0.15, 0.2) is 36.5 Å². The summed E-state index contributed by atoms with van der Waals surface area (Å²) in [7, 11) is 0. The molecule has 122 valence electrons. The van der Waals surface area contributed by atoms with Gasteiger partial charge in [-0.15, -0.1) is 0 Å². The van der Waals surface area contributed by atoms with Crippen molar-refractivity contribution in [1.82, 2.24) is 25.3 Å². The number of nitrogens with one attached hydrogen (secondary N) is 2. The number of nitrogens with zero attached hydrogens (tertiary/aromatic N) is 3. The van der Waals surface area contributed by atoms with Crippen LogP contribution in [0.25, 0.3) is 5.69 Å². The summed E-state index contributed by atoms with van der Waals surface area (Å²) in [6.45, 7) is 5.45. The molecule has 0 bridgehead atoms. The van der Waals surface area contributed by atoms with E-state index in [1.165, 1.54) is 12.1 Å². The Kier molecular flexibility index (Phi) is 4.99. The monoisotopic (exact) mass is 317 g/mol. The summed E-state index contributed by atoms with van der Waals surface area (Å²) in [5.41, 5.74) is 1.07. The van der Waals surface area contributed by atoms with Crippen LogP contribution >= 0.6 is 0 Å². The molecule has 1 aromatic heterocycles. The van der Waals surface area contributed by atoms with Gasteiger partial charge in [-0.3, -0.25) is 9.69 Å². The number of piperazine rings is 1. The van der Waals surface area contributed by atoms with E-state index >= 15 is 0 Å². The fourth-order valence-corrected chi connectivity index (χ4v) is 2.54. The number of benzene rings is 1. The molecule has 0 spiro atoms. The molecule has 7 heteroatoms. The van der Waals surface area contributed by atoms with E-state index in [9.17, 15) is 9.18 Å². The van der Waals surface area contributed by atoms with Crippen LogP contribution in [0.2, 0.25) is 0 Å². The number of hydrogen-bond acceptors (Lipinski definition) is 4. The fourth-order valence-electron chi connectivity index (χ4n) is 2.54. The van der Waals surface area contributed by atoms with Gasteiger partial charge in [0.25, 0.3) is 5.91 Å². The second-order valence-electron chi connectivity index (χ2n) is 5.47. The van der Waals surface area contributed by atoms with Crippen molar-refractivity contribution in [3.05, 3.63) is 48.0 Å². The lowest BCUT2D eigenvalue weighted by Crippen LogP contribution is -2.46. The number of hydrogen-bond donors (Lipinski definition) is 2. The lowest BCUT2D eigenvalue weighted by molar-refractivity contribution is 0.0942. The summed E-state index contributed by atoms with van der Waals surface area (Å²) < 4.78 is 14.5. The highest BCUT2D eigenvalue weighted by Gasteiger charge is 2.12. The van der Waals surface area contributed by atoms with Crippen LogP contribution in [-0.2, 0) is 0 Å². The number of rotatable bonds is 5. The van der Waals surface area contributed by atoms with Crippen LogP contribution in [0.4, 0.5) is 4.39 Å². The van der Waals surface area contributed by atoms with Crippen LogP contribution in [0.3, 0.4) is 0 Å². The Morgan fingerprint density at radius 2 is 1.96 bits per heavy atom. The predicted octanol–water partition coefficient (Wildman–Crippen LogP) is 0.646. The Balaban J connectivity index is 1.52. The molecule has 1 amide bonds. The highest BCUT2D eigenvalue weighted by molar-refractivity contribution is 5.92. The minimum Gasteiger partial charge on any atom is -0.349 e. The molecular weight excluding hydrogens is 297 g/mol. The van der Waals surface area contributed by atoms with Crippen molar-refractivity contribution in [3.63, 3.8) is 0 Å². The molecule has 0 radical (unpaired) electrons. The SMILES string of the molecule is O=C(NCCN1CCNCC1)c1ccn(-c2ccc(F)cc2)n1. The van der Waals surface area contributed by atoms with Crippen LogP contribution in [0, 0.1) is 5.82 Å². The zero-order valence-electron chi connectivity index (χ0n) is 12.8. The molecule has 0 atom stereocenters. The van der Waals surface area contributed by atoms with Gasteiger partial charge < -0.3 is 10.6 Å². The van der Waals surface area contributed by atoms with Gasteiger partial charge in [0.05, 0.1) is 5.69 Å². The molecular formula is C16H20FN5O. The van der Waals surface area contributed by atoms with Gasteiger partial charge in [0.1, 0.15) is 5.82 Å². The summed E-state index contributed by atoms with van der Waals surface area (Å²) in [5.74, 6) is -0.493. The lowest BCUT2D eigenvalue weighted by atomic mass is 10.3. The van der Waals surface area contributed by atoms with Crippen molar-refractivity contribution in [3.8, 4) is 5.69 Å². The maximum atomic E-state index is 12.9. The zero-order valence-corrected chi connectivity index (χ0v) is 12.8. The van der Waals surface area contributed by atoms with E-state index in [1.54, 1.807) is 29.1 Å². The Morgan fingerprint density at radius 3 is 2.70 bits per heavy atom. The van der Waals surface area contributed by atoms with E-state index < -0.39 is 0 Å². The van der Waals surface area contributed by atoms with E-state index in [0.717, 1.165) is 32.7 Å². The number of aromatic nitrogens is 2. The summed E-state index contributed by atoms with van der Waals surface area (Å²) >= 11 is 0. The number of carbonyl (C=O) groups is 1. The third-order valence-corrected chi connectivity index (χ3v) is 3.84. The van der Waals surface area contributed by atoms with E-state index in [-0.39, 0.29) is 11.7 Å². The lowest BCUT2D eigenvalue weighted by Gasteiger charge is -2.26. The molecule has 2 N–H and O–H groups in total. The standard InChI is InChI=1S/C16H20FN5O/c17-13-1-3-14(4-2-13)22-9-5-15(20-22)16(23)19-8-12-21-10-6-18-7-11-21/h1-5,9,18H,6-8,10-12H2,(H,19,23). The average molecular weight is 317 g/mol. The van der Waals surface area contributed by atoms with Crippen LogP contribution in [-0.4, -0.2) is 59.9 Å². The maximum Gasteiger partial charge on any atom is 0.271 e. The molecule has 0 unspecified atom stereocenters. The molecule has 0 saturated carbocycles.